The van der Waals surface area contributed by atoms with Crippen molar-refractivity contribution in [3.63, 3.8) is 0 Å². The van der Waals surface area contributed by atoms with Gasteiger partial charge >= 0.3 is 0 Å². The maximum atomic E-state index is 12.7. The second-order valence-electron chi connectivity index (χ2n) is 7.69. The molecule has 0 spiro atoms. The molecular weight excluding hydrogens is 386 g/mol. The highest BCUT2D eigenvalue weighted by Crippen LogP contribution is 2.32. The van der Waals surface area contributed by atoms with Gasteiger partial charge in [-0.1, -0.05) is 42.5 Å². The Balaban J connectivity index is 1.33. The third-order valence-corrected chi connectivity index (χ3v) is 6.68. The SMILES string of the molecule is CCc1ccc(CNC(=O)[C@@H]2CCCN(c3nnc(N4CCCC4=O)s3)C2)cc1. The first-order valence-corrected chi connectivity index (χ1v) is 11.2. The van der Waals surface area contributed by atoms with Crippen LogP contribution in [0.15, 0.2) is 24.3 Å². The van der Waals surface area contributed by atoms with Gasteiger partial charge < -0.3 is 10.2 Å². The molecule has 2 aromatic rings. The number of hydrogen-bond donors (Lipinski definition) is 1. The Morgan fingerprint density at radius 2 is 1.90 bits per heavy atom. The monoisotopic (exact) mass is 413 g/mol. The molecular formula is C21H27N5O2S. The topological polar surface area (TPSA) is 78.4 Å². The highest BCUT2D eigenvalue weighted by atomic mass is 32.1. The van der Waals surface area contributed by atoms with E-state index in [0.717, 1.165) is 49.5 Å². The quantitative estimate of drug-likeness (QED) is 0.788. The minimum atomic E-state index is -0.0561. The number of amides is 2. The summed E-state index contributed by atoms with van der Waals surface area (Å²) in [4.78, 5) is 28.5. The summed E-state index contributed by atoms with van der Waals surface area (Å²) >= 11 is 1.44. The number of rotatable bonds is 6. The molecule has 2 saturated heterocycles. The van der Waals surface area contributed by atoms with E-state index in [-0.39, 0.29) is 17.7 Å². The molecule has 1 aromatic heterocycles. The van der Waals surface area contributed by atoms with Gasteiger partial charge in [-0.2, -0.15) is 0 Å². The van der Waals surface area contributed by atoms with Gasteiger partial charge in [0.25, 0.3) is 0 Å². The first kappa shape index (κ1) is 19.8. The lowest BCUT2D eigenvalue weighted by Gasteiger charge is -2.31. The fourth-order valence-corrected chi connectivity index (χ4v) is 4.81. The minimum Gasteiger partial charge on any atom is -0.352 e. The molecule has 8 heteroatoms. The zero-order valence-electron chi connectivity index (χ0n) is 16.8. The van der Waals surface area contributed by atoms with E-state index >= 15 is 0 Å². The molecule has 154 valence electrons. The van der Waals surface area contributed by atoms with Crippen LogP contribution in [-0.4, -0.2) is 41.6 Å². The van der Waals surface area contributed by atoms with E-state index in [1.54, 1.807) is 4.90 Å². The first-order valence-electron chi connectivity index (χ1n) is 10.4. The van der Waals surface area contributed by atoms with E-state index in [1.165, 1.54) is 16.9 Å². The Morgan fingerprint density at radius 1 is 1.14 bits per heavy atom. The van der Waals surface area contributed by atoms with Crippen LogP contribution in [0, 0.1) is 5.92 Å². The van der Waals surface area contributed by atoms with E-state index in [2.05, 4.69) is 51.6 Å². The molecule has 0 unspecified atom stereocenters. The molecule has 0 aliphatic carbocycles. The van der Waals surface area contributed by atoms with Crippen molar-refractivity contribution < 1.29 is 9.59 Å². The zero-order chi connectivity index (χ0) is 20.2. The third kappa shape index (κ3) is 4.58. The Morgan fingerprint density at radius 3 is 2.62 bits per heavy atom. The van der Waals surface area contributed by atoms with E-state index in [4.69, 9.17) is 0 Å². The number of aromatic nitrogens is 2. The average molecular weight is 414 g/mol. The van der Waals surface area contributed by atoms with Crippen LogP contribution in [0.5, 0.6) is 0 Å². The highest BCUT2D eigenvalue weighted by molar-refractivity contribution is 7.19. The number of anilines is 2. The van der Waals surface area contributed by atoms with E-state index in [9.17, 15) is 9.59 Å². The summed E-state index contributed by atoms with van der Waals surface area (Å²) in [5, 5.41) is 13.1. The first-order chi connectivity index (χ1) is 14.1. The van der Waals surface area contributed by atoms with Crippen molar-refractivity contribution in [3.05, 3.63) is 35.4 Å². The fraction of sp³-hybridized carbons (Fsp3) is 0.524. The number of aryl methyl sites for hydroxylation is 1. The Hall–Kier alpha value is -2.48. The molecule has 2 amide bonds. The molecule has 0 saturated carbocycles. The van der Waals surface area contributed by atoms with Crippen LogP contribution in [-0.2, 0) is 22.6 Å². The van der Waals surface area contributed by atoms with Gasteiger partial charge in [0, 0.05) is 32.6 Å². The van der Waals surface area contributed by atoms with Crippen molar-refractivity contribution in [2.24, 2.45) is 5.92 Å². The number of carbonyl (C=O) groups excluding carboxylic acids is 2. The molecule has 29 heavy (non-hydrogen) atoms. The summed E-state index contributed by atoms with van der Waals surface area (Å²) in [6, 6.07) is 8.38. The number of nitrogens with zero attached hydrogens (tertiary/aromatic N) is 4. The lowest BCUT2D eigenvalue weighted by atomic mass is 9.97. The minimum absolute atomic E-state index is 0.0561. The largest absolute Gasteiger partial charge is 0.352 e. The van der Waals surface area contributed by atoms with Crippen LogP contribution in [0.4, 0.5) is 10.3 Å². The number of carbonyl (C=O) groups is 2. The Bertz CT molecular complexity index is 866. The van der Waals surface area contributed by atoms with Gasteiger partial charge in [-0.25, -0.2) is 0 Å². The molecule has 2 aliphatic heterocycles. The molecule has 1 N–H and O–H groups in total. The highest BCUT2D eigenvalue weighted by Gasteiger charge is 2.29. The lowest BCUT2D eigenvalue weighted by molar-refractivity contribution is -0.125. The van der Waals surface area contributed by atoms with Gasteiger partial charge in [-0.3, -0.25) is 14.5 Å². The van der Waals surface area contributed by atoms with Gasteiger partial charge in [0.05, 0.1) is 5.92 Å². The van der Waals surface area contributed by atoms with Crippen molar-refractivity contribution in [1.29, 1.82) is 0 Å². The normalized spacial score (nSPS) is 19.6. The average Bonchev–Trinajstić information content (AvgIpc) is 3.41. The molecule has 1 atom stereocenters. The molecule has 7 nitrogen and oxygen atoms in total. The second-order valence-corrected chi connectivity index (χ2v) is 8.62. The van der Waals surface area contributed by atoms with Crippen LogP contribution in [0.2, 0.25) is 0 Å². The molecule has 0 bridgehead atoms. The van der Waals surface area contributed by atoms with Gasteiger partial charge in [-0.05, 0) is 36.8 Å². The predicted octanol–water partition coefficient (Wildman–Crippen LogP) is 2.76. The van der Waals surface area contributed by atoms with Crippen LogP contribution >= 0.6 is 11.3 Å². The van der Waals surface area contributed by atoms with Gasteiger partial charge in [0.15, 0.2) is 0 Å². The molecule has 4 rings (SSSR count). The van der Waals surface area contributed by atoms with Crippen molar-refractivity contribution in [2.75, 3.05) is 29.4 Å². The summed E-state index contributed by atoms with van der Waals surface area (Å²) in [6.07, 6.45) is 4.31. The van der Waals surface area contributed by atoms with Crippen LogP contribution in [0.1, 0.15) is 43.7 Å². The summed E-state index contributed by atoms with van der Waals surface area (Å²) in [7, 11) is 0. The number of piperidine rings is 1. The molecule has 3 heterocycles. The number of hydrogen-bond acceptors (Lipinski definition) is 6. The number of benzene rings is 1. The Labute approximate surface area is 175 Å². The number of nitrogens with one attached hydrogen (secondary N) is 1. The lowest BCUT2D eigenvalue weighted by Crippen LogP contribution is -2.43. The molecule has 0 radical (unpaired) electrons. The van der Waals surface area contributed by atoms with Crippen LogP contribution < -0.4 is 15.1 Å². The van der Waals surface area contributed by atoms with Crippen molar-refractivity contribution in [3.8, 4) is 0 Å². The predicted molar refractivity (Wildman–Crippen MR) is 114 cm³/mol. The van der Waals surface area contributed by atoms with Gasteiger partial charge in [-0.15, -0.1) is 10.2 Å². The Kier molecular flexibility index (Phi) is 6.08. The standard InChI is InChI=1S/C21H27N5O2S/c1-2-15-7-9-16(10-8-15)13-22-19(28)17-5-3-11-25(14-17)20-23-24-21(29-20)26-12-4-6-18(26)27/h7-10,17H,2-6,11-14H2,1H3,(H,22,28)/t17-/m1/s1. The van der Waals surface area contributed by atoms with E-state index in [1.807, 2.05) is 0 Å². The van der Waals surface area contributed by atoms with Crippen molar-refractivity contribution in [1.82, 2.24) is 15.5 Å². The maximum absolute atomic E-state index is 12.7. The summed E-state index contributed by atoms with van der Waals surface area (Å²) in [6.45, 7) is 4.92. The van der Waals surface area contributed by atoms with Crippen LogP contribution in [0.3, 0.4) is 0 Å². The third-order valence-electron chi connectivity index (χ3n) is 5.67. The van der Waals surface area contributed by atoms with Crippen molar-refractivity contribution in [2.45, 2.75) is 45.6 Å². The zero-order valence-corrected chi connectivity index (χ0v) is 17.6. The summed E-state index contributed by atoms with van der Waals surface area (Å²) in [5.74, 6) is 0.156. The van der Waals surface area contributed by atoms with E-state index in [0.29, 0.717) is 24.6 Å². The molecule has 1 aromatic carbocycles. The van der Waals surface area contributed by atoms with Gasteiger partial charge in [0.2, 0.25) is 22.1 Å². The van der Waals surface area contributed by atoms with Gasteiger partial charge in [0.1, 0.15) is 0 Å². The van der Waals surface area contributed by atoms with E-state index < -0.39 is 0 Å². The van der Waals surface area contributed by atoms with Crippen LogP contribution in [0.25, 0.3) is 0 Å². The molecule has 2 fully saturated rings. The summed E-state index contributed by atoms with van der Waals surface area (Å²) < 4.78 is 0. The second kappa shape index (κ2) is 8.90. The smallest absolute Gasteiger partial charge is 0.228 e. The summed E-state index contributed by atoms with van der Waals surface area (Å²) in [5.41, 5.74) is 2.42. The maximum Gasteiger partial charge on any atom is 0.228 e. The molecule has 2 aliphatic rings. The van der Waals surface area contributed by atoms with Crippen molar-refractivity contribution >= 4 is 33.4 Å². The fourth-order valence-electron chi connectivity index (χ4n) is 3.89.